The Morgan fingerprint density at radius 1 is 0.955 bits per heavy atom. The molecule has 1 heterocycles. The molecule has 1 saturated heterocycles. The van der Waals surface area contributed by atoms with Crippen molar-refractivity contribution in [1.82, 2.24) is 0 Å². The van der Waals surface area contributed by atoms with Crippen LogP contribution in [-0.2, 0) is 4.74 Å². The molecule has 4 aliphatic carbocycles. The van der Waals surface area contributed by atoms with Crippen molar-refractivity contribution in [3.8, 4) is 0 Å². The van der Waals surface area contributed by atoms with Crippen molar-refractivity contribution in [3.63, 3.8) is 0 Å². The van der Waals surface area contributed by atoms with Crippen LogP contribution >= 0.6 is 0 Å². The summed E-state index contributed by atoms with van der Waals surface area (Å²) in [7, 11) is 0. The Morgan fingerprint density at radius 2 is 1.86 bits per heavy atom. The van der Waals surface area contributed by atoms with Gasteiger partial charge in [0.2, 0.25) is 0 Å². The zero-order valence-electron chi connectivity index (χ0n) is 14.3. The second-order valence-corrected chi connectivity index (χ2v) is 9.56. The summed E-state index contributed by atoms with van der Waals surface area (Å²) in [5, 5.41) is 0. The second kappa shape index (κ2) is 4.54. The Labute approximate surface area is 135 Å². The molecular weight excluding hydrogens is 268 g/mol. The van der Waals surface area contributed by atoms with Crippen LogP contribution in [0.3, 0.4) is 0 Å². The van der Waals surface area contributed by atoms with Gasteiger partial charge in [-0.2, -0.15) is 0 Å². The van der Waals surface area contributed by atoms with Gasteiger partial charge in [-0.1, -0.05) is 26.3 Å². The monoisotopic (exact) mass is 300 g/mol. The van der Waals surface area contributed by atoms with E-state index in [0.717, 1.165) is 36.0 Å². The molecule has 0 bridgehead atoms. The maximum Gasteiger partial charge on any atom is 0.0943 e. The third-order valence-corrected chi connectivity index (χ3v) is 9.21. The number of ether oxygens (including phenoxy) is 1. The largest absolute Gasteiger partial charge is 0.498 e. The molecule has 4 saturated carbocycles. The predicted octanol–water partition coefficient (Wildman–Crippen LogP) is 5.56. The van der Waals surface area contributed by atoms with Gasteiger partial charge in [0.05, 0.1) is 12.4 Å². The number of fused-ring (bicyclic) bond motifs is 4. The summed E-state index contributed by atoms with van der Waals surface area (Å²) < 4.78 is 6.00. The molecule has 1 heteroatoms. The lowest BCUT2D eigenvalue weighted by molar-refractivity contribution is -0.112. The quantitative estimate of drug-likeness (QED) is 0.569. The summed E-state index contributed by atoms with van der Waals surface area (Å²) in [4.78, 5) is 0. The maximum absolute atomic E-state index is 6.00. The SMILES string of the molecule is C=C1OC[C@]23CC[C@H]4[C@@H](CCC5CCCC[C@@]54C)[C@@H]2CC[C@H]13. The minimum atomic E-state index is 0.510. The van der Waals surface area contributed by atoms with Gasteiger partial charge in [0, 0.05) is 11.3 Å². The lowest BCUT2D eigenvalue weighted by atomic mass is 9.45. The molecule has 7 atom stereocenters. The average Bonchev–Trinajstić information content (AvgIpc) is 3.04. The molecule has 0 aromatic heterocycles. The lowest BCUT2D eigenvalue weighted by Gasteiger charge is -2.60. The van der Waals surface area contributed by atoms with Gasteiger partial charge >= 0.3 is 0 Å². The first-order chi connectivity index (χ1) is 10.7. The Morgan fingerprint density at radius 3 is 2.77 bits per heavy atom. The van der Waals surface area contributed by atoms with Crippen molar-refractivity contribution in [2.75, 3.05) is 6.61 Å². The van der Waals surface area contributed by atoms with Crippen LogP contribution in [0.1, 0.15) is 71.1 Å². The highest BCUT2D eigenvalue weighted by atomic mass is 16.5. The fraction of sp³-hybridized carbons (Fsp3) is 0.905. The lowest BCUT2D eigenvalue weighted by Crippen LogP contribution is -2.53. The van der Waals surface area contributed by atoms with Crippen molar-refractivity contribution in [3.05, 3.63) is 12.3 Å². The molecule has 0 aromatic rings. The molecule has 122 valence electrons. The van der Waals surface area contributed by atoms with E-state index in [1.54, 1.807) is 0 Å². The Bertz CT molecular complexity index is 496. The van der Waals surface area contributed by atoms with Crippen molar-refractivity contribution >= 4 is 0 Å². The van der Waals surface area contributed by atoms with Gasteiger partial charge in [-0.05, 0) is 80.5 Å². The topological polar surface area (TPSA) is 9.23 Å². The van der Waals surface area contributed by atoms with Crippen molar-refractivity contribution in [2.24, 2.45) is 40.4 Å². The van der Waals surface area contributed by atoms with E-state index in [4.69, 9.17) is 4.74 Å². The number of hydrogen-bond donors (Lipinski definition) is 0. The van der Waals surface area contributed by atoms with E-state index in [0.29, 0.717) is 16.7 Å². The fourth-order valence-electron chi connectivity index (χ4n) is 8.19. The molecule has 1 nitrogen and oxygen atoms in total. The predicted molar refractivity (Wildman–Crippen MR) is 89.3 cm³/mol. The van der Waals surface area contributed by atoms with Crippen molar-refractivity contribution in [2.45, 2.75) is 71.1 Å². The highest BCUT2D eigenvalue weighted by Crippen LogP contribution is 2.69. The summed E-state index contributed by atoms with van der Waals surface area (Å²) >= 11 is 0. The summed E-state index contributed by atoms with van der Waals surface area (Å²) in [5.41, 5.74) is 1.19. The third-order valence-electron chi connectivity index (χ3n) is 9.21. The molecule has 5 fully saturated rings. The van der Waals surface area contributed by atoms with Crippen molar-refractivity contribution < 1.29 is 4.74 Å². The highest BCUT2D eigenvalue weighted by Gasteiger charge is 2.64. The molecule has 0 N–H and O–H groups in total. The van der Waals surface area contributed by atoms with E-state index in [1.807, 2.05) is 0 Å². The number of hydrogen-bond acceptors (Lipinski definition) is 1. The maximum atomic E-state index is 6.00. The summed E-state index contributed by atoms with van der Waals surface area (Å²) in [6.45, 7) is 7.93. The molecule has 22 heavy (non-hydrogen) atoms. The zero-order chi connectivity index (χ0) is 14.9. The minimum Gasteiger partial charge on any atom is -0.498 e. The second-order valence-electron chi connectivity index (χ2n) is 9.56. The smallest absolute Gasteiger partial charge is 0.0943 e. The standard InChI is InChI=1S/C21H32O/c1-14-17-8-9-19-16-7-6-15-5-3-4-11-20(15,2)18(16)10-12-21(17,19)13-22-14/h15-19H,1,3-13H2,2H3/t15?,16-,17-,18+,19+,20+,21+/m1/s1. The van der Waals surface area contributed by atoms with E-state index >= 15 is 0 Å². The van der Waals surface area contributed by atoms with Gasteiger partial charge in [-0.3, -0.25) is 0 Å². The first kappa shape index (κ1) is 13.9. The highest BCUT2D eigenvalue weighted by molar-refractivity contribution is 5.18. The van der Waals surface area contributed by atoms with Gasteiger partial charge < -0.3 is 4.74 Å². The summed E-state index contributed by atoms with van der Waals surface area (Å²) in [5.74, 6) is 5.87. The molecule has 0 radical (unpaired) electrons. The number of rotatable bonds is 0. The molecular formula is C21H32O. The van der Waals surface area contributed by atoms with E-state index in [-0.39, 0.29) is 0 Å². The van der Waals surface area contributed by atoms with Crippen LogP contribution in [0.5, 0.6) is 0 Å². The first-order valence-electron chi connectivity index (χ1n) is 9.97. The molecule has 1 unspecified atom stereocenters. The number of allylic oxidation sites excluding steroid dienone is 1. The van der Waals surface area contributed by atoms with Crippen LogP contribution in [0.25, 0.3) is 0 Å². The van der Waals surface area contributed by atoms with Crippen LogP contribution in [-0.4, -0.2) is 6.61 Å². The van der Waals surface area contributed by atoms with Crippen LogP contribution in [0.2, 0.25) is 0 Å². The first-order valence-corrected chi connectivity index (χ1v) is 9.97. The Hall–Kier alpha value is -0.460. The molecule has 5 aliphatic rings. The van der Waals surface area contributed by atoms with Crippen molar-refractivity contribution in [1.29, 1.82) is 0 Å². The van der Waals surface area contributed by atoms with E-state index in [9.17, 15) is 0 Å². The van der Waals surface area contributed by atoms with Crippen LogP contribution in [0.4, 0.5) is 0 Å². The minimum absolute atomic E-state index is 0.510. The summed E-state index contributed by atoms with van der Waals surface area (Å²) in [6, 6.07) is 0. The Balaban J connectivity index is 1.49. The molecule has 1 aliphatic heterocycles. The molecule has 1 spiro atoms. The average molecular weight is 300 g/mol. The van der Waals surface area contributed by atoms with Crippen LogP contribution in [0, 0.1) is 40.4 Å². The van der Waals surface area contributed by atoms with Gasteiger partial charge in [0.1, 0.15) is 0 Å². The van der Waals surface area contributed by atoms with Gasteiger partial charge in [0.15, 0.2) is 0 Å². The Kier molecular flexibility index (Phi) is 2.88. The molecule has 0 aromatic carbocycles. The van der Waals surface area contributed by atoms with Gasteiger partial charge in [-0.15, -0.1) is 0 Å². The van der Waals surface area contributed by atoms with E-state index in [2.05, 4.69) is 13.5 Å². The van der Waals surface area contributed by atoms with Gasteiger partial charge in [-0.25, -0.2) is 0 Å². The molecule has 5 rings (SSSR count). The summed E-state index contributed by atoms with van der Waals surface area (Å²) in [6.07, 6.45) is 14.8. The third kappa shape index (κ3) is 1.56. The van der Waals surface area contributed by atoms with Crippen LogP contribution in [0.15, 0.2) is 12.3 Å². The van der Waals surface area contributed by atoms with E-state index in [1.165, 1.54) is 64.2 Å². The zero-order valence-corrected chi connectivity index (χ0v) is 14.3. The molecule has 0 amide bonds. The fourth-order valence-corrected chi connectivity index (χ4v) is 8.19. The normalized spacial score (nSPS) is 56.6. The van der Waals surface area contributed by atoms with Crippen LogP contribution < -0.4 is 0 Å². The van der Waals surface area contributed by atoms with Gasteiger partial charge in [0.25, 0.3) is 0 Å². The van der Waals surface area contributed by atoms with E-state index < -0.39 is 0 Å².